The van der Waals surface area contributed by atoms with Crippen LogP contribution in [0, 0.1) is 0 Å². The molecule has 2 heterocycles. The minimum absolute atomic E-state index is 0.00363. The number of hydrogen-bond acceptors (Lipinski definition) is 6. The van der Waals surface area contributed by atoms with Gasteiger partial charge in [0.2, 0.25) is 5.91 Å². The Balaban J connectivity index is 1.82. The monoisotopic (exact) mass is 425 g/mol. The number of nitrogens with two attached hydrogens (primary N) is 1. The molecule has 158 valence electrons. The number of carbonyl (C=O) groups is 2. The molecule has 30 heavy (non-hydrogen) atoms. The smallest absolute Gasteiger partial charge is 0.251 e. The van der Waals surface area contributed by atoms with Crippen molar-refractivity contribution < 1.29 is 9.59 Å². The second kappa shape index (κ2) is 10.2. The average Bonchev–Trinajstić information content (AvgIpc) is 3.19. The van der Waals surface area contributed by atoms with Crippen LogP contribution < -0.4 is 11.1 Å². The lowest BCUT2D eigenvalue weighted by Crippen LogP contribution is -2.34. The molecule has 2 amide bonds. The molecule has 3 N–H and O–H groups in total. The quantitative estimate of drug-likeness (QED) is 0.676. The van der Waals surface area contributed by atoms with Gasteiger partial charge in [0.15, 0.2) is 0 Å². The molecule has 0 spiro atoms. The van der Waals surface area contributed by atoms with Gasteiger partial charge in [0, 0.05) is 47.3 Å². The van der Waals surface area contributed by atoms with Gasteiger partial charge in [0.05, 0.1) is 17.7 Å². The van der Waals surface area contributed by atoms with E-state index in [2.05, 4.69) is 29.1 Å². The number of carbonyl (C=O) groups excluding carboxylic acids is 2. The number of nitrogens with zero attached hydrogens (tertiary/aromatic N) is 3. The number of amidine groups is 1. The first-order valence-corrected chi connectivity index (χ1v) is 11.0. The van der Waals surface area contributed by atoms with Gasteiger partial charge >= 0.3 is 0 Å². The van der Waals surface area contributed by atoms with Gasteiger partial charge < -0.3 is 16.0 Å². The number of rotatable bonds is 8. The first-order valence-electron chi connectivity index (χ1n) is 10.1. The molecule has 0 unspecified atom stereocenters. The number of thiazole rings is 1. The molecule has 3 rings (SSSR count). The summed E-state index contributed by atoms with van der Waals surface area (Å²) in [5.41, 5.74) is 10.3. The van der Waals surface area contributed by atoms with Gasteiger partial charge in [-0.3, -0.25) is 14.6 Å². The highest BCUT2D eigenvalue weighted by Gasteiger charge is 2.21. The lowest BCUT2D eigenvalue weighted by molar-refractivity contribution is -0.127. The maximum atomic E-state index is 13.0. The zero-order valence-corrected chi connectivity index (χ0v) is 18.2. The number of amides is 2. The highest BCUT2D eigenvalue weighted by molar-refractivity contribution is 7.09. The van der Waals surface area contributed by atoms with Crippen LogP contribution in [0.15, 0.2) is 40.5 Å². The summed E-state index contributed by atoms with van der Waals surface area (Å²) < 4.78 is 0. The SMILES string of the molecule is CCCN(CCC)C(=O)C1=Cc2ccc(C(=O)NCc3cncs3)cc2N=C(N)C1. The number of nitrogens with one attached hydrogen (secondary N) is 1. The van der Waals surface area contributed by atoms with Crippen LogP contribution in [0.3, 0.4) is 0 Å². The third-order valence-corrected chi connectivity index (χ3v) is 5.49. The molecule has 0 aliphatic carbocycles. The van der Waals surface area contributed by atoms with Crippen LogP contribution in [0.1, 0.15) is 53.9 Å². The van der Waals surface area contributed by atoms with E-state index >= 15 is 0 Å². The van der Waals surface area contributed by atoms with Crippen LogP contribution >= 0.6 is 11.3 Å². The first kappa shape index (κ1) is 21.7. The second-order valence-electron chi connectivity index (χ2n) is 7.17. The predicted octanol–water partition coefficient (Wildman–Crippen LogP) is 3.50. The van der Waals surface area contributed by atoms with E-state index in [0.29, 0.717) is 48.7 Å². The fourth-order valence-corrected chi connectivity index (χ4v) is 3.86. The lowest BCUT2D eigenvalue weighted by Gasteiger charge is -2.22. The largest absolute Gasteiger partial charge is 0.387 e. The van der Waals surface area contributed by atoms with Crippen LogP contribution in [0.4, 0.5) is 5.69 Å². The van der Waals surface area contributed by atoms with Crippen molar-refractivity contribution in [2.45, 2.75) is 39.7 Å². The summed E-state index contributed by atoms with van der Waals surface area (Å²) in [5, 5.41) is 2.88. The number of hydrogen-bond donors (Lipinski definition) is 2. The zero-order valence-electron chi connectivity index (χ0n) is 17.4. The summed E-state index contributed by atoms with van der Waals surface area (Å²) in [5.74, 6) is 0.168. The topological polar surface area (TPSA) is 101 Å². The van der Waals surface area contributed by atoms with Crippen LogP contribution in [0.5, 0.6) is 0 Å². The maximum Gasteiger partial charge on any atom is 0.251 e. The van der Waals surface area contributed by atoms with Gasteiger partial charge in [-0.2, -0.15) is 0 Å². The fourth-order valence-electron chi connectivity index (χ4n) is 3.33. The van der Waals surface area contributed by atoms with E-state index in [0.717, 1.165) is 23.3 Å². The molecule has 0 bridgehead atoms. The molecule has 0 saturated carbocycles. The maximum absolute atomic E-state index is 13.0. The van der Waals surface area contributed by atoms with E-state index in [1.165, 1.54) is 11.3 Å². The summed E-state index contributed by atoms with van der Waals surface area (Å²) in [6.45, 7) is 5.98. The minimum Gasteiger partial charge on any atom is -0.387 e. The Morgan fingerprint density at radius 1 is 1.23 bits per heavy atom. The number of aromatic nitrogens is 1. The van der Waals surface area contributed by atoms with Crippen molar-refractivity contribution in [1.29, 1.82) is 0 Å². The average molecular weight is 426 g/mol. The van der Waals surface area contributed by atoms with Gasteiger partial charge in [0.25, 0.3) is 5.91 Å². The summed E-state index contributed by atoms with van der Waals surface area (Å²) in [4.78, 5) is 36.9. The van der Waals surface area contributed by atoms with E-state index in [4.69, 9.17) is 5.73 Å². The van der Waals surface area contributed by atoms with Gasteiger partial charge in [-0.05, 0) is 31.1 Å². The van der Waals surface area contributed by atoms with Crippen molar-refractivity contribution in [3.8, 4) is 0 Å². The predicted molar refractivity (Wildman–Crippen MR) is 121 cm³/mol. The Kier molecular flexibility index (Phi) is 7.35. The Morgan fingerprint density at radius 3 is 2.67 bits per heavy atom. The Labute approximate surface area is 180 Å². The summed E-state index contributed by atoms with van der Waals surface area (Å²) in [7, 11) is 0. The Bertz CT molecular complexity index is 960. The number of aliphatic imine (C=N–C) groups is 1. The minimum atomic E-state index is -0.193. The zero-order chi connectivity index (χ0) is 21.5. The van der Waals surface area contributed by atoms with Gasteiger partial charge in [-0.15, -0.1) is 11.3 Å². The summed E-state index contributed by atoms with van der Waals surface area (Å²) in [6.07, 6.45) is 5.68. The fraction of sp³-hybridized carbons (Fsp3) is 0.364. The molecular formula is C22H27N5O2S. The van der Waals surface area contributed by atoms with E-state index in [1.807, 2.05) is 17.0 Å². The third-order valence-electron chi connectivity index (χ3n) is 4.71. The molecule has 0 radical (unpaired) electrons. The van der Waals surface area contributed by atoms with Crippen molar-refractivity contribution >= 4 is 40.8 Å². The molecule has 8 heteroatoms. The normalized spacial score (nSPS) is 13.0. The van der Waals surface area contributed by atoms with Crippen LogP contribution in [-0.4, -0.2) is 40.6 Å². The Hall–Kier alpha value is -3.00. The highest BCUT2D eigenvalue weighted by Crippen LogP contribution is 2.28. The number of fused-ring (bicyclic) bond motifs is 1. The van der Waals surface area contributed by atoms with E-state index < -0.39 is 0 Å². The van der Waals surface area contributed by atoms with Gasteiger partial charge in [-0.25, -0.2) is 4.99 Å². The van der Waals surface area contributed by atoms with Crippen molar-refractivity contribution in [1.82, 2.24) is 15.2 Å². The molecule has 1 aromatic heterocycles. The highest BCUT2D eigenvalue weighted by atomic mass is 32.1. The molecule has 1 aliphatic rings. The van der Waals surface area contributed by atoms with E-state index in [1.54, 1.807) is 23.8 Å². The number of benzene rings is 1. The molecular weight excluding hydrogens is 398 g/mol. The van der Waals surface area contributed by atoms with Crippen molar-refractivity contribution in [3.05, 3.63) is 51.5 Å². The first-order chi connectivity index (χ1) is 14.5. The van der Waals surface area contributed by atoms with Gasteiger partial charge in [0.1, 0.15) is 5.84 Å². The molecule has 0 saturated heterocycles. The van der Waals surface area contributed by atoms with Gasteiger partial charge in [-0.1, -0.05) is 19.9 Å². The van der Waals surface area contributed by atoms with Crippen LogP contribution in [-0.2, 0) is 11.3 Å². The molecule has 1 aromatic carbocycles. The van der Waals surface area contributed by atoms with Crippen molar-refractivity contribution in [3.63, 3.8) is 0 Å². The third kappa shape index (κ3) is 5.33. The van der Waals surface area contributed by atoms with E-state index in [9.17, 15) is 9.59 Å². The molecule has 0 fully saturated rings. The second-order valence-corrected chi connectivity index (χ2v) is 8.14. The summed E-state index contributed by atoms with van der Waals surface area (Å²) >= 11 is 1.49. The van der Waals surface area contributed by atoms with Crippen LogP contribution in [0.2, 0.25) is 0 Å². The molecule has 1 aliphatic heterocycles. The lowest BCUT2D eigenvalue weighted by atomic mass is 10.0. The van der Waals surface area contributed by atoms with Crippen molar-refractivity contribution in [2.75, 3.05) is 13.1 Å². The Morgan fingerprint density at radius 2 is 2.00 bits per heavy atom. The molecule has 7 nitrogen and oxygen atoms in total. The van der Waals surface area contributed by atoms with E-state index in [-0.39, 0.29) is 11.8 Å². The molecule has 0 atom stereocenters. The van der Waals surface area contributed by atoms with Crippen LogP contribution in [0.25, 0.3) is 6.08 Å². The summed E-state index contributed by atoms with van der Waals surface area (Å²) in [6, 6.07) is 5.27. The molecule has 2 aromatic rings. The standard InChI is InChI=1S/C22H27N5O2S/c1-3-7-27(8-4-2)22(29)17-9-15-5-6-16(10-19(15)26-20(23)11-17)21(28)25-13-18-12-24-14-30-18/h5-6,9-10,12,14H,3-4,7-8,11,13H2,1-2H3,(H2,23,26)(H,25,28). The van der Waals surface area contributed by atoms with Crippen molar-refractivity contribution in [2.24, 2.45) is 10.7 Å².